The second-order valence-electron chi connectivity index (χ2n) is 3.52. The third-order valence-electron chi connectivity index (χ3n) is 2.26. The highest BCUT2D eigenvalue weighted by Crippen LogP contribution is 1.96. The first-order valence-corrected chi connectivity index (χ1v) is 5.55. The van der Waals surface area contributed by atoms with Gasteiger partial charge in [0.15, 0.2) is 0 Å². The Kier molecular flexibility index (Phi) is 4.42. The van der Waals surface area contributed by atoms with Crippen LogP contribution in [0.4, 0.5) is 5.82 Å². The summed E-state index contributed by atoms with van der Waals surface area (Å²) in [5, 5.41) is 6.42. The highest BCUT2D eigenvalue weighted by Gasteiger charge is 1.93. The number of rotatable bonds is 6. The van der Waals surface area contributed by atoms with E-state index in [4.69, 9.17) is 0 Å². The maximum atomic E-state index is 4.25. The van der Waals surface area contributed by atoms with Crippen LogP contribution >= 0.6 is 0 Å². The van der Waals surface area contributed by atoms with Crippen molar-refractivity contribution in [2.75, 3.05) is 18.5 Å². The molecule has 0 aliphatic rings. The summed E-state index contributed by atoms with van der Waals surface area (Å²) in [6.07, 6.45) is 5.97. The maximum Gasteiger partial charge on any atom is 0.130 e. The lowest BCUT2D eigenvalue weighted by molar-refractivity contribution is 0.712. The summed E-state index contributed by atoms with van der Waals surface area (Å²) < 4.78 is 0. The van der Waals surface area contributed by atoms with Gasteiger partial charge in [-0.25, -0.2) is 9.97 Å². The van der Waals surface area contributed by atoms with Crippen LogP contribution in [0.15, 0.2) is 43.0 Å². The van der Waals surface area contributed by atoms with Crippen LogP contribution in [0.25, 0.3) is 0 Å². The molecule has 0 spiro atoms. The highest BCUT2D eigenvalue weighted by atomic mass is 15.1. The predicted octanol–water partition coefficient (Wildman–Crippen LogP) is 1.07. The van der Waals surface area contributed by atoms with Crippen molar-refractivity contribution in [2.24, 2.45) is 0 Å². The fourth-order valence-electron chi connectivity index (χ4n) is 1.40. The number of pyridine rings is 1. The highest BCUT2D eigenvalue weighted by molar-refractivity contribution is 5.30. The van der Waals surface area contributed by atoms with E-state index in [1.165, 1.54) is 6.33 Å². The lowest BCUT2D eigenvalue weighted by atomic mass is 10.3. The Morgan fingerprint density at radius 1 is 1.06 bits per heavy atom. The number of hydrogen-bond acceptors (Lipinski definition) is 5. The van der Waals surface area contributed by atoms with Crippen LogP contribution in [0.1, 0.15) is 5.69 Å². The molecule has 0 unspecified atom stereocenters. The van der Waals surface area contributed by atoms with Crippen LogP contribution in [0.5, 0.6) is 0 Å². The van der Waals surface area contributed by atoms with Crippen LogP contribution in [0.3, 0.4) is 0 Å². The molecule has 0 amide bonds. The predicted molar refractivity (Wildman–Crippen MR) is 66.5 cm³/mol. The van der Waals surface area contributed by atoms with E-state index in [2.05, 4.69) is 25.6 Å². The number of anilines is 1. The van der Waals surface area contributed by atoms with Crippen LogP contribution in [-0.4, -0.2) is 28.2 Å². The smallest absolute Gasteiger partial charge is 0.130 e. The zero-order valence-corrected chi connectivity index (χ0v) is 9.50. The minimum atomic E-state index is 0.684. The summed E-state index contributed by atoms with van der Waals surface area (Å²) >= 11 is 0. The first-order valence-electron chi connectivity index (χ1n) is 5.55. The fraction of sp³-hybridized carbons (Fsp3) is 0.250. The van der Waals surface area contributed by atoms with Crippen LogP contribution in [0.2, 0.25) is 0 Å². The lowest BCUT2D eigenvalue weighted by Crippen LogP contribution is -2.24. The Morgan fingerprint density at radius 3 is 2.82 bits per heavy atom. The maximum absolute atomic E-state index is 4.25. The van der Waals surface area contributed by atoms with Gasteiger partial charge in [-0.1, -0.05) is 6.07 Å². The van der Waals surface area contributed by atoms with Gasteiger partial charge in [0.2, 0.25) is 0 Å². The summed E-state index contributed by atoms with van der Waals surface area (Å²) in [5.41, 5.74) is 1.10. The topological polar surface area (TPSA) is 62.7 Å². The molecule has 2 N–H and O–H groups in total. The number of aromatic nitrogens is 3. The van der Waals surface area contributed by atoms with Gasteiger partial charge < -0.3 is 5.32 Å². The largest absolute Gasteiger partial charge is 0.357 e. The monoisotopic (exact) mass is 229 g/mol. The third-order valence-corrected chi connectivity index (χ3v) is 2.26. The molecule has 2 heterocycles. The first-order chi connectivity index (χ1) is 8.45. The summed E-state index contributed by atoms with van der Waals surface area (Å²) in [5.74, 6) is 0.824. The van der Waals surface area contributed by atoms with Crippen LogP contribution in [-0.2, 0) is 6.42 Å². The molecule has 17 heavy (non-hydrogen) atoms. The summed E-state index contributed by atoms with van der Waals surface area (Å²) in [4.78, 5) is 12.2. The van der Waals surface area contributed by atoms with Crippen molar-refractivity contribution in [1.82, 2.24) is 20.3 Å². The lowest BCUT2D eigenvalue weighted by Gasteiger charge is -2.06. The molecule has 0 aliphatic carbocycles. The van der Waals surface area contributed by atoms with Crippen molar-refractivity contribution in [1.29, 1.82) is 0 Å². The van der Waals surface area contributed by atoms with Gasteiger partial charge in [-0.2, -0.15) is 0 Å². The van der Waals surface area contributed by atoms with E-state index >= 15 is 0 Å². The standard InChI is InChI=1S/C12H15N5/c1-2-6-15-11(3-1)4-7-13-9-16-12-5-8-14-10-17-12/h1-3,5-6,8,10,13H,4,7,9H2,(H,14,16,17). The van der Waals surface area contributed by atoms with E-state index in [0.717, 1.165) is 24.5 Å². The van der Waals surface area contributed by atoms with E-state index in [1.807, 2.05) is 30.5 Å². The molecule has 88 valence electrons. The molecule has 0 saturated carbocycles. The molecule has 0 fully saturated rings. The SMILES string of the molecule is c1ccc(CCNCNc2ccncn2)nc1. The van der Waals surface area contributed by atoms with Gasteiger partial charge in [0, 0.05) is 31.1 Å². The van der Waals surface area contributed by atoms with Gasteiger partial charge >= 0.3 is 0 Å². The van der Waals surface area contributed by atoms with E-state index in [1.54, 1.807) is 6.20 Å². The average molecular weight is 229 g/mol. The van der Waals surface area contributed by atoms with Gasteiger partial charge in [-0.15, -0.1) is 0 Å². The van der Waals surface area contributed by atoms with Crippen molar-refractivity contribution in [2.45, 2.75) is 6.42 Å². The van der Waals surface area contributed by atoms with E-state index in [0.29, 0.717) is 6.67 Å². The van der Waals surface area contributed by atoms with Gasteiger partial charge in [0.25, 0.3) is 0 Å². The molecule has 5 nitrogen and oxygen atoms in total. The number of hydrogen-bond donors (Lipinski definition) is 2. The second kappa shape index (κ2) is 6.55. The minimum Gasteiger partial charge on any atom is -0.357 e. The Balaban J connectivity index is 1.61. The van der Waals surface area contributed by atoms with Gasteiger partial charge in [0.05, 0.1) is 6.67 Å². The van der Waals surface area contributed by atoms with E-state index in [-0.39, 0.29) is 0 Å². The molecular weight excluding hydrogens is 214 g/mol. The fourth-order valence-corrected chi connectivity index (χ4v) is 1.40. The van der Waals surface area contributed by atoms with Crippen molar-refractivity contribution in [3.63, 3.8) is 0 Å². The molecule has 0 saturated heterocycles. The van der Waals surface area contributed by atoms with Crippen molar-refractivity contribution >= 4 is 5.82 Å². The molecule has 0 bridgehead atoms. The van der Waals surface area contributed by atoms with Crippen LogP contribution < -0.4 is 10.6 Å². The molecule has 0 aromatic carbocycles. The quantitative estimate of drug-likeness (QED) is 0.573. The molecule has 0 atom stereocenters. The Bertz CT molecular complexity index is 376. The van der Waals surface area contributed by atoms with Crippen molar-refractivity contribution in [3.8, 4) is 0 Å². The van der Waals surface area contributed by atoms with E-state index < -0.39 is 0 Å². The van der Waals surface area contributed by atoms with Gasteiger partial charge in [-0.3, -0.25) is 10.3 Å². The summed E-state index contributed by atoms with van der Waals surface area (Å²) in [7, 11) is 0. The molecule has 0 aliphatic heterocycles. The Hall–Kier alpha value is -2.01. The number of nitrogens with zero attached hydrogens (tertiary/aromatic N) is 3. The first kappa shape index (κ1) is 11.5. The van der Waals surface area contributed by atoms with E-state index in [9.17, 15) is 0 Å². The zero-order chi connectivity index (χ0) is 11.8. The summed E-state index contributed by atoms with van der Waals surface area (Å²) in [6.45, 7) is 1.57. The Labute approximate surface area is 100 Å². The normalized spacial score (nSPS) is 10.1. The van der Waals surface area contributed by atoms with Gasteiger partial charge in [-0.05, 0) is 18.2 Å². The molecule has 2 aromatic rings. The average Bonchev–Trinajstić information content (AvgIpc) is 2.41. The molecule has 0 radical (unpaired) electrons. The summed E-state index contributed by atoms with van der Waals surface area (Å²) in [6, 6.07) is 7.79. The van der Waals surface area contributed by atoms with Crippen LogP contribution in [0, 0.1) is 0 Å². The third kappa shape index (κ3) is 4.16. The molecule has 5 heteroatoms. The minimum absolute atomic E-state index is 0.684. The van der Waals surface area contributed by atoms with Crippen molar-refractivity contribution in [3.05, 3.63) is 48.7 Å². The Morgan fingerprint density at radius 2 is 2.06 bits per heavy atom. The van der Waals surface area contributed by atoms with Crippen molar-refractivity contribution < 1.29 is 0 Å². The second-order valence-corrected chi connectivity index (χ2v) is 3.52. The number of nitrogens with one attached hydrogen (secondary N) is 2. The van der Waals surface area contributed by atoms with Gasteiger partial charge in [0.1, 0.15) is 12.1 Å². The molecule has 2 aromatic heterocycles. The molecule has 2 rings (SSSR count). The molecular formula is C12H15N5. The zero-order valence-electron chi connectivity index (χ0n) is 9.50.